The van der Waals surface area contributed by atoms with Gasteiger partial charge in [-0.15, -0.1) is 0 Å². The van der Waals surface area contributed by atoms with Gasteiger partial charge in [-0.25, -0.2) is 17.1 Å². The lowest BCUT2D eigenvalue weighted by Gasteiger charge is -2.18. The van der Waals surface area contributed by atoms with E-state index in [1.54, 1.807) is 0 Å². The van der Waals surface area contributed by atoms with E-state index in [0.29, 0.717) is 0 Å². The quantitative estimate of drug-likeness (QED) is 0.675. The Morgan fingerprint density at radius 2 is 2.05 bits per heavy atom. The number of benzene rings is 1. The lowest BCUT2D eigenvalue weighted by Crippen LogP contribution is -2.29. The third-order valence-corrected chi connectivity index (χ3v) is 4.66. The molecule has 7 nitrogen and oxygen atoms in total. The number of carboxylic acid groups (broad SMARTS) is 1. The van der Waals surface area contributed by atoms with Gasteiger partial charge in [0.2, 0.25) is 10.0 Å². The molecule has 0 fully saturated rings. The number of aliphatic carboxylic acids is 1. The summed E-state index contributed by atoms with van der Waals surface area (Å²) in [5.41, 5.74) is 0. The highest BCUT2D eigenvalue weighted by Crippen LogP contribution is 2.27. The van der Waals surface area contributed by atoms with Gasteiger partial charge >= 0.3 is 5.97 Å². The van der Waals surface area contributed by atoms with E-state index < -0.39 is 21.8 Å². The molecule has 1 N–H and O–H groups in total. The Hall–Kier alpha value is -1.71. The van der Waals surface area contributed by atoms with Crippen LogP contribution in [0.4, 0.5) is 4.39 Å². The molecule has 0 aliphatic carbocycles. The Labute approximate surface area is 128 Å². The van der Waals surface area contributed by atoms with Crippen molar-refractivity contribution in [3.8, 4) is 5.75 Å². The number of ether oxygens (including phenoxy) is 2. The van der Waals surface area contributed by atoms with Crippen LogP contribution in [0.3, 0.4) is 0 Å². The maximum absolute atomic E-state index is 13.4. The molecule has 22 heavy (non-hydrogen) atoms. The molecule has 0 aliphatic heterocycles. The number of carboxylic acids is 1. The molecule has 1 rings (SSSR count). The zero-order valence-corrected chi connectivity index (χ0v) is 13.1. The average molecular weight is 335 g/mol. The molecule has 0 spiro atoms. The normalized spacial score (nSPS) is 11.6. The minimum atomic E-state index is -4.06. The lowest BCUT2D eigenvalue weighted by molar-refractivity contribution is -0.137. The molecule has 9 heteroatoms. The zero-order chi connectivity index (χ0) is 16.8. The first kappa shape index (κ1) is 18.3. The van der Waals surface area contributed by atoms with E-state index in [0.717, 1.165) is 16.4 Å². The molecule has 0 heterocycles. The number of hydrogen-bond donors (Lipinski definition) is 1. The van der Waals surface area contributed by atoms with E-state index in [1.165, 1.54) is 20.2 Å². The van der Waals surface area contributed by atoms with Gasteiger partial charge in [0.05, 0.1) is 13.0 Å². The van der Waals surface area contributed by atoms with E-state index in [9.17, 15) is 17.6 Å². The van der Waals surface area contributed by atoms with Gasteiger partial charge in [0, 0.05) is 20.7 Å². The van der Waals surface area contributed by atoms with E-state index in [2.05, 4.69) is 0 Å². The summed E-state index contributed by atoms with van der Waals surface area (Å²) in [5, 5.41) is 8.62. The number of sulfonamides is 1. The number of halogens is 1. The maximum atomic E-state index is 13.4. The number of hydrogen-bond acceptors (Lipinski definition) is 5. The Balaban J connectivity index is 3.05. The standard InChI is InChI=1S/C13H18FNO6S/c1-15(6-5-13(16)17)22(18,19)12-9-10(14)3-4-11(12)21-8-7-20-2/h3-4,9H,5-8H2,1-2H3,(H,16,17). The summed E-state index contributed by atoms with van der Waals surface area (Å²) in [4.78, 5) is 10.2. The van der Waals surface area contributed by atoms with Crippen LogP contribution in [-0.4, -0.2) is 57.7 Å². The molecule has 0 radical (unpaired) electrons. The Morgan fingerprint density at radius 3 is 2.64 bits per heavy atom. The summed E-state index contributed by atoms with van der Waals surface area (Å²) >= 11 is 0. The van der Waals surface area contributed by atoms with Crippen LogP contribution in [0.15, 0.2) is 23.1 Å². The van der Waals surface area contributed by atoms with Crippen molar-refractivity contribution < 1.29 is 32.2 Å². The van der Waals surface area contributed by atoms with Crippen molar-refractivity contribution in [3.05, 3.63) is 24.0 Å². The Bertz CT molecular complexity index is 619. The summed E-state index contributed by atoms with van der Waals surface area (Å²) in [6.07, 6.45) is -0.356. The smallest absolute Gasteiger partial charge is 0.304 e. The molecule has 0 saturated heterocycles. The summed E-state index contributed by atoms with van der Waals surface area (Å²) in [5.74, 6) is -1.87. The van der Waals surface area contributed by atoms with Crippen LogP contribution in [0.5, 0.6) is 5.75 Å². The van der Waals surface area contributed by atoms with Crippen LogP contribution in [0.25, 0.3) is 0 Å². The van der Waals surface area contributed by atoms with E-state index >= 15 is 0 Å². The predicted octanol–water partition coefficient (Wildman–Crippen LogP) is 0.946. The molecule has 0 unspecified atom stereocenters. The fraction of sp³-hybridized carbons (Fsp3) is 0.462. The number of rotatable bonds is 9. The topological polar surface area (TPSA) is 93.1 Å². The fourth-order valence-electron chi connectivity index (χ4n) is 1.58. The molecular weight excluding hydrogens is 317 g/mol. The van der Waals surface area contributed by atoms with Crippen LogP contribution in [0, 0.1) is 5.82 Å². The third-order valence-electron chi connectivity index (χ3n) is 2.78. The molecule has 0 saturated carbocycles. The van der Waals surface area contributed by atoms with Gasteiger partial charge in [-0.1, -0.05) is 0 Å². The van der Waals surface area contributed by atoms with Gasteiger partial charge in [-0.3, -0.25) is 4.79 Å². The first-order valence-electron chi connectivity index (χ1n) is 6.38. The second kappa shape index (κ2) is 8.06. The van der Waals surface area contributed by atoms with Crippen molar-refractivity contribution in [1.29, 1.82) is 0 Å². The summed E-state index contributed by atoms with van der Waals surface area (Å²) in [6, 6.07) is 3.13. The first-order valence-corrected chi connectivity index (χ1v) is 7.82. The molecule has 0 amide bonds. The molecule has 0 atom stereocenters. The van der Waals surface area contributed by atoms with Gasteiger partial charge in [0.1, 0.15) is 23.1 Å². The molecule has 0 aliphatic rings. The highest BCUT2D eigenvalue weighted by atomic mass is 32.2. The number of methoxy groups -OCH3 is 1. The van der Waals surface area contributed by atoms with Gasteiger partial charge in [0.15, 0.2) is 0 Å². The highest BCUT2D eigenvalue weighted by Gasteiger charge is 2.26. The Kier molecular flexibility index (Phi) is 6.72. The minimum Gasteiger partial charge on any atom is -0.490 e. The SMILES string of the molecule is COCCOc1ccc(F)cc1S(=O)(=O)N(C)CCC(=O)O. The van der Waals surface area contributed by atoms with Crippen LogP contribution in [0.2, 0.25) is 0 Å². The fourth-order valence-corrected chi connectivity index (χ4v) is 2.89. The lowest BCUT2D eigenvalue weighted by atomic mass is 10.3. The van der Waals surface area contributed by atoms with Crippen molar-refractivity contribution in [2.45, 2.75) is 11.3 Å². The van der Waals surface area contributed by atoms with Crippen molar-refractivity contribution in [1.82, 2.24) is 4.31 Å². The molecular formula is C13H18FNO6S. The minimum absolute atomic E-state index is 0.0133. The van der Waals surface area contributed by atoms with Gasteiger partial charge in [-0.2, -0.15) is 0 Å². The van der Waals surface area contributed by atoms with Gasteiger partial charge in [-0.05, 0) is 18.2 Å². The van der Waals surface area contributed by atoms with Crippen LogP contribution >= 0.6 is 0 Å². The van der Waals surface area contributed by atoms with E-state index in [1.807, 2.05) is 0 Å². The van der Waals surface area contributed by atoms with E-state index in [-0.39, 0.29) is 36.8 Å². The van der Waals surface area contributed by atoms with Crippen molar-refractivity contribution in [2.24, 2.45) is 0 Å². The molecule has 0 bridgehead atoms. The first-order chi connectivity index (χ1) is 10.3. The predicted molar refractivity (Wildman–Crippen MR) is 75.8 cm³/mol. The van der Waals surface area contributed by atoms with Crippen molar-refractivity contribution in [2.75, 3.05) is 33.9 Å². The molecule has 1 aromatic rings. The second-order valence-electron chi connectivity index (χ2n) is 4.40. The molecule has 1 aromatic carbocycles. The van der Waals surface area contributed by atoms with Crippen molar-refractivity contribution >= 4 is 16.0 Å². The average Bonchev–Trinajstić information content (AvgIpc) is 2.46. The monoisotopic (exact) mass is 335 g/mol. The summed E-state index contributed by atoms with van der Waals surface area (Å²) in [7, 11) is -1.37. The number of carbonyl (C=O) groups is 1. The van der Waals surface area contributed by atoms with Crippen LogP contribution < -0.4 is 4.74 Å². The number of nitrogens with zero attached hydrogens (tertiary/aromatic N) is 1. The van der Waals surface area contributed by atoms with Gasteiger partial charge in [0.25, 0.3) is 0 Å². The van der Waals surface area contributed by atoms with Crippen LogP contribution in [0.1, 0.15) is 6.42 Å². The maximum Gasteiger partial charge on any atom is 0.304 e. The third kappa shape index (κ3) is 4.93. The Morgan fingerprint density at radius 1 is 1.36 bits per heavy atom. The largest absolute Gasteiger partial charge is 0.490 e. The second-order valence-corrected chi connectivity index (χ2v) is 6.42. The highest BCUT2D eigenvalue weighted by molar-refractivity contribution is 7.89. The zero-order valence-electron chi connectivity index (χ0n) is 12.3. The van der Waals surface area contributed by atoms with Gasteiger partial charge < -0.3 is 14.6 Å². The van der Waals surface area contributed by atoms with E-state index in [4.69, 9.17) is 14.6 Å². The van der Waals surface area contributed by atoms with Crippen molar-refractivity contribution in [3.63, 3.8) is 0 Å². The summed E-state index contributed by atoms with van der Waals surface area (Å²) in [6.45, 7) is 0.112. The van der Waals surface area contributed by atoms with Crippen LogP contribution in [-0.2, 0) is 19.6 Å². The summed E-state index contributed by atoms with van der Waals surface area (Å²) < 4.78 is 49.1. The molecule has 0 aromatic heterocycles. The molecule has 124 valence electrons.